The van der Waals surface area contributed by atoms with Crippen molar-refractivity contribution < 1.29 is 0 Å². The summed E-state index contributed by atoms with van der Waals surface area (Å²) in [6.07, 6.45) is 3.26. The average molecular weight is 127 g/mol. The summed E-state index contributed by atoms with van der Waals surface area (Å²) in [7, 11) is 0. The van der Waals surface area contributed by atoms with Crippen LogP contribution in [0, 0.1) is 0 Å². The molecule has 2 saturated heterocycles. The van der Waals surface area contributed by atoms with Crippen LogP contribution in [0.2, 0.25) is 0 Å². The molecule has 1 atom stereocenters. The van der Waals surface area contributed by atoms with Crippen molar-refractivity contribution in [2.45, 2.75) is 19.0 Å². The minimum absolute atomic E-state index is 0.638. The second kappa shape index (κ2) is 2.25. The van der Waals surface area contributed by atoms with Crippen LogP contribution in [0.5, 0.6) is 0 Å². The normalized spacial score (nSPS) is 36.7. The van der Waals surface area contributed by atoms with Gasteiger partial charge in [-0.3, -0.25) is 10.7 Å². The van der Waals surface area contributed by atoms with Crippen molar-refractivity contribution in [2.75, 3.05) is 19.6 Å². The highest BCUT2D eigenvalue weighted by molar-refractivity contribution is 4.78. The van der Waals surface area contributed by atoms with Crippen molar-refractivity contribution >= 4 is 0 Å². The van der Waals surface area contributed by atoms with Crippen LogP contribution in [-0.4, -0.2) is 30.8 Å². The molecule has 0 saturated carbocycles. The third-order valence-corrected chi connectivity index (χ3v) is 2.08. The molecule has 0 aliphatic carbocycles. The Bertz CT molecular complexity index is 92.5. The van der Waals surface area contributed by atoms with E-state index in [2.05, 4.69) is 15.8 Å². The Kier molecular flexibility index (Phi) is 1.41. The van der Waals surface area contributed by atoms with Gasteiger partial charge in [0.15, 0.2) is 0 Å². The van der Waals surface area contributed by atoms with E-state index in [9.17, 15) is 0 Å². The number of nitrogens with one attached hydrogen (secondary N) is 2. The maximum Gasteiger partial charge on any atom is 0.0734 e. The first kappa shape index (κ1) is 5.65. The monoisotopic (exact) mass is 127 g/mol. The van der Waals surface area contributed by atoms with Gasteiger partial charge in [-0.1, -0.05) is 0 Å². The van der Waals surface area contributed by atoms with Crippen LogP contribution in [0.3, 0.4) is 0 Å². The lowest BCUT2D eigenvalue weighted by molar-refractivity contribution is 0.118. The number of fused-ring (bicyclic) bond motifs is 1. The Morgan fingerprint density at radius 1 is 1.33 bits per heavy atom. The van der Waals surface area contributed by atoms with Crippen molar-refractivity contribution in [3.05, 3.63) is 0 Å². The molecule has 0 amide bonds. The van der Waals surface area contributed by atoms with Gasteiger partial charge in [-0.05, 0) is 12.8 Å². The molecule has 9 heavy (non-hydrogen) atoms. The molecule has 0 bridgehead atoms. The quantitative estimate of drug-likeness (QED) is 0.460. The second-order valence-corrected chi connectivity index (χ2v) is 2.71. The highest BCUT2D eigenvalue weighted by Gasteiger charge is 2.25. The van der Waals surface area contributed by atoms with Gasteiger partial charge >= 0.3 is 0 Å². The van der Waals surface area contributed by atoms with Crippen LogP contribution in [0.1, 0.15) is 12.8 Å². The number of hydrogen-bond donors (Lipinski definition) is 2. The van der Waals surface area contributed by atoms with Gasteiger partial charge in [0.2, 0.25) is 0 Å². The van der Waals surface area contributed by atoms with Gasteiger partial charge in [0, 0.05) is 19.6 Å². The Hall–Kier alpha value is -0.120. The highest BCUT2D eigenvalue weighted by Crippen LogP contribution is 2.10. The summed E-state index contributed by atoms with van der Waals surface area (Å²) >= 11 is 0. The van der Waals surface area contributed by atoms with E-state index in [1.165, 1.54) is 19.4 Å². The van der Waals surface area contributed by atoms with Crippen LogP contribution < -0.4 is 10.7 Å². The smallest absolute Gasteiger partial charge is 0.0734 e. The van der Waals surface area contributed by atoms with Crippen LogP contribution in [0.15, 0.2) is 0 Å². The maximum absolute atomic E-state index is 3.42. The molecule has 2 aliphatic heterocycles. The molecule has 0 radical (unpaired) electrons. The Labute approximate surface area is 55.4 Å². The van der Waals surface area contributed by atoms with E-state index < -0.39 is 0 Å². The first-order valence-corrected chi connectivity index (χ1v) is 3.70. The van der Waals surface area contributed by atoms with E-state index >= 15 is 0 Å². The fraction of sp³-hybridized carbons (Fsp3) is 1.00. The van der Waals surface area contributed by atoms with E-state index in [0.29, 0.717) is 6.17 Å². The van der Waals surface area contributed by atoms with E-state index in [1.54, 1.807) is 0 Å². The summed E-state index contributed by atoms with van der Waals surface area (Å²) in [5.74, 6) is 0. The summed E-state index contributed by atoms with van der Waals surface area (Å²) in [6.45, 7) is 3.49. The predicted molar refractivity (Wildman–Crippen MR) is 35.7 cm³/mol. The summed E-state index contributed by atoms with van der Waals surface area (Å²) < 4.78 is 0. The van der Waals surface area contributed by atoms with Crippen molar-refractivity contribution in [2.24, 2.45) is 0 Å². The van der Waals surface area contributed by atoms with Crippen molar-refractivity contribution in [3.63, 3.8) is 0 Å². The van der Waals surface area contributed by atoms with Crippen molar-refractivity contribution in [3.8, 4) is 0 Å². The van der Waals surface area contributed by atoms with Gasteiger partial charge in [0.05, 0.1) is 6.17 Å². The lowest BCUT2D eigenvalue weighted by atomic mass is 10.2. The molecular weight excluding hydrogens is 114 g/mol. The zero-order chi connectivity index (χ0) is 6.10. The fourth-order valence-electron chi connectivity index (χ4n) is 1.58. The molecular formula is C6H13N3. The van der Waals surface area contributed by atoms with Crippen LogP contribution in [0.25, 0.3) is 0 Å². The zero-order valence-electron chi connectivity index (χ0n) is 5.56. The van der Waals surface area contributed by atoms with Crippen LogP contribution in [-0.2, 0) is 0 Å². The molecule has 0 spiro atoms. The van der Waals surface area contributed by atoms with Gasteiger partial charge in [0.25, 0.3) is 0 Å². The Morgan fingerprint density at radius 2 is 2.33 bits per heavy atom. The van der Waals surface area contributed by atoms with E-state index in [1.807, 2.05) is 0 Å². The predicted octanol–water partition coefficient (Wildman–Crippen LogP) is -0.484. The molecule has 0 aromatic rings. The number of hydrogen-bond acceptors (Lipinski definition) is 3. The largest absolute Gasteiger partial charge is 0.299 e. The van der Waals surface area contributed by atoms with E-state index in [4.69, 9.17) is 0 Å². The second-order valence-electron chi connectivity index (χ2n) is 2.71. The van der Waals surface area contributed by atoms with Crippen molar-refractivity contribution in [1.29, 1.82) is 0 Å². The lowest BCUT2D eigenvalue weighted by Gasteiger charge is -2.29. The minimum atomic E-state index is 0.638. The minimum Gasteiger partial charge on any atom is -0.299 e. The average Bonchev–Trinajstić information content (AvgIpc) is 2.33. The molecule has 52 valence electrons. The van der Waals surface area contributed by atoms with Gasteiger partial charge in [0.1, 0.15) is 0 Å². The molecule has 2 rings (SSSR count). The number of nitrogens with zero attached hydrogens (tertiary/aromatic N) is 1. The molecule has 3 heteroatoms. The maximum atomic E-state index is 3.42. The molecule has 0 aromatic carbocycles. The summed E-state index contributed by atoms with van der Waals surface area (Å²) in [5.41, 5.74) is 3.35. The SMILES string of the molecule is C1CNN2CCNC2C1. The molecule has 0 aromatic heterocycles. The molecule has 3 nitrogen and oxygen atoms in total. The summed E-state index contributed by atoms with van der Waals surface area (Å²) in [6, 6.07) is 0. The van der Waals surface area contributed by atoms with Gasteiger partial charge < -0.3 is 0 Å². The molecule has 1 unspecified atom stereocenters. The molecule has 2 aliphatic rings. The third kappa shape index (κ3) is 0.956. The van der Waals surface area contributed by atoms with E-state index in [0.717, 1.165) is 13.1 Å². The summed E-state index contributed by atoms with van der Waals surface area (Å²) in [4.78, 5) is 0. The third-order valence-electron chi connectivity index (χ3n) is 2.08. The first-order chi connectivity index (χ1) is 4.47. The van der Waals surface area contributed by atoms with Gasteiger partial charge in [-0.15, -0.1) is 0 Å². The summed E-state index contributed by atoms with van der Waals surface area (Å²) in [5, 5.41) is 5.73. The zero-order valence-corrected chi connectivity index (χ0v) is 5.56. The molecule has 2 N–H and O–H groups in total. The molecule has 2 heterocycles. The number of rotatable bonds is 0. The molecule has 2 fully saturated rings. The fourth-order valence-corrected chi connectivity index (χ4v) is 1.58. The van der Waals surface area contributed by atoms with Gasteiger partial charge in [-0.25, -0.2) is 5.01 Å². The van der Waals surface area contributed by atoms with Crippen molar-refractivity contribution in [1.82, 2.24) is 15.8 Å². The van der Waals surface area contributed by atoms with Crippen LogP contribution >= 0.6 is 0 Å². The standard InChI is InChI=1S/C6H13N3/c1-2-6-7-4-5-9(6)8-3-1/h6-8H,1-5H2. The topological polar surface area (TPSA) is 27.3 Å². The number of hydrazine groups is 1. The Morgan fingerprint density at radius 3 is 3.22 bits per heavy atom. The Balaban J connectivity index is 1.97. The highest BCUT2D eigenvalue weighted by atomic mass is 15.6. The first-order valence-electron chi connectivity index (χ1n) is 3.70. The van der Waals surface area contributed by atoms with Gasteiger partial charge in [-0.2, -0.15) is 0 Å². The van der Waals surface area contributed by atoms with E-state index in [-0.39, 0.29) is 0 Å². The van der Waals surface area contributed by atoms with Crippen LogP contribution in [0.4, 0.5) is 0 Å². The lowest BCUT2D eigenvalue weighted by Crippen LogP contribution is -2.49.